The van der Waals surface area contributed by atoms with Gasteiger partial charge in [0, 0.05) is 12.5 Å². The van der Waals surface area contributed by atoms with Crippen molar-refractivity contribution in [3.8, 4) is 0 Å². The quantitative estimate of drug-likeness (QED) is 0.912. The average molecular weight is 279 g/mol. The fourth-order valence-corrected chi connectivity index (χ4v) is 3.37. The molecule has 0 radical (unpaired) electrons. The van der Waals surface area contributed by atoms with Crippen molar-refractivity contribution in [1.29, 1.82) is 0 Å². The number of rotatable bonds is 2. The highest BCUT2D eigenvalue weighted by molar-refractivity contribution is 5.34. The van der Waals surface area contributed by atoms with E-state index in [1.54, 1.807) is 4.52 Å². The number of fused-ring (bicyclic) bond motifs is 1. The maximum absolute atomic E-state index is 13.0. The molecular formula is C13H15F2N5. The fraction of sp³-hybridized carbons (Fsp3) is 0.615. The van der Waals surface area contributed by atoms with Crippen molar-refractivity contribution >= 4 is 5.78 Å². The molecule has 106 valence electrons. The highest BCUT2D eigenvalue weighted by Crippen LogP contribution is 2.59. The van der Waals surface area contributed by atoms with E-state index >= 15 is 0 Å². The van der Waals surface area contributed by atoms with Crippen LogP contribution in [-0.4, -0.2) is 32.7 Å². The van der Waals surface area contributed by atoms with Gasteiger partial charge in [-0.3, -0.25) is 0 Å². The number of aromatic nitrogens is 4. The number of alkyl halides is 2. The van der Waals surface area contributed by atoms with E-state index in [0.29, 0.717) is 0 Å². The lowest BCUT2D eigenvalue weighted by Crippen LogP contribution is -2.37. The molecule has 1 atom stereocenters. The molecule has 4 rings (SSSR count). The van der Waals surface area contributed by atoms with E-state index in [2.05, 4.69) is 20.4 Å². The Morgan fingerprint density at radius 3 is 2.95 bits per heavy atom. The van der Waals surface area contributed by atoms with Gasteiger partial charge in [0.25, 0.3) is 12.2 Å². The monoisotopic (exact) mass is 279 g/mol. The molecule has 1 spiro atoms. The summed E-state index contributed by atoms with van der Waals surface area (Å²) in [6.07, 6.45) is 2.23. The Morgan fingerprint density at radius 1 is 1.35 bits per heavy atom. The van der Waals surface area contributed by atoms with Gasteiger partial charge in [-0.05, 0) is 37.3 Å². The molecule has 1 aliphatic carbocycles. The number of hydrogen-bond donors (Lipinski definition) is 1. The van der Waals surface area contributed by atoms with Crippen molar-refractivity contribution in [3.05, 3.63) is 23.8 Å². The van der Waals surface area contributed by atoms with Crippen molar-refractivity contribution in [1.82, 2.24) is 24.9 Å². The van der Waals surface area contributed by atoms with Gasteiger partial charge in [0.1, 0.15) is 12.0 Å². The Balaban J connectivity index is 1.87. The predicted molar refractivity (Wildman–Crippen MR) is 67.6 cm³/mol. The molecule has 1 N–H and O–H groups in total. The number of halogens is 2. The summed E-state index contributed by atoms with van der Waals surface area (Å²) in [5.41, 5.74) is 0.875. The fourth-order valence-electron chi connectivity index (χ4n) is 3.37. The molecule has 2 aliphatic rings. The van der Waals surface area contributed by atoms with Crippen LogP contribution in [0.15, 0.2) is 12.4 Å². The largest absolute Gasteiger partial charge is 0.316 e. The molecule has 2 aromatic heterocycles. The smallest absolute Gasteiger partial charge is 0.280 e. The van der Waals surface area contributed by atoms with Crippen LogP contribution in [0.1, 0.15) is 43.0 Å². The first-order valence-corrected chi connectivity index (χ1v) is 6.89. The molecule has 3 heterocycles. The first-order chi connectivity index (χ1) is 9.70. The van der Waals surface area contributed by atoms with Crippen molar-refractivity contribution < 1.29 is 8.78 Å². The Labute approximate surface area is 114 Å². The minimum atomic E-state index is -2.58. The van der Waals surface area contributed by atoms with Crippen LogP contribution < -0.4 is 5.32 Å². The minimum absolute atomic E-state index is 0.207. The first-order valence-electron chi connectivity index (χ1n) is 6.89. The lowest BCUT2D eigenvalue weighted by molar-refractivity contribution is 0.145. The minimum Gasteiger partial charge on any atom is -0.316 e. The van der Waals surface area contributed by atoms with Gasteiger partial charge in [0.2, 0.25) is 0 Å². The first kappa shape index (κ1) is 12.1. The van der Waals surface area contributed by atoms with Gasteiger partial charge in [0.05, 0.1) is 5.69 Å². The third-order valence-corrected chi connectivity index (χ3v) is 4.66. The zero-order chi connectivity index (χ0) is 13.7. The Morgan fingerprint density at radius 2 is 2.20 bits per heavy atom. The van der Waals surface area contributed by atoms with E-state index in [9.17, 15) is 8.78 Å². The predicted octanol–water partition coefficient (Wildman–Crippen LogP) is 1.92. The zero-order valence-corrected chi connectivity index (χ0v) is 10.9. The molecule has 1 saturated heterocycles. The summed E-state index contributed by atoms with van der Waals surface area (Å²) in [6.45, 7) is 1.81. The van der Waals surface area contributed by atoms with Crippen LogP contribution in [0.3, 0.4) is 0 Å². The normalized spacial score (nSPS) is 24.6. The maximum atomic E-state index is 13.0. The van der Waals surface area contributed by atoms with Gasteiger partial charge >= 0.3 is 0 Å². The summed E-state index contributed by atoms with van der Waals surface area (Å²) in [7, 11) is 0. The molecule has 2 fully saturated rings. The number of hydrogen-bond acceptors (Lipinski definition) is 4. The molecular weight excluding hydrogens is 264 g/mol. The summed E-state index contributed by atoms with van der Waals surface area (Å²) in [4.78, 5) is 7.85. The van der Waals surface area contributed by atoms with Crippen LogP contribution in [0.4, 0.5) is 8.78 Å². The highest BCUT2D eigenvalue weighted by atomic mass is 19.3. The number of piperidine rings is 1. The van der Waals surface area contributed by atoms with Crippen molar-refractivity contribution in [2.75, 3.05) is 13.1 Å². The van der Waals surface area contributed by atoms with Crippen molar-refractivity contribution in [2.24, 2.45) is 5.41 Å². The van der Waals surface area contributed by atoms with Gasteiger partial charge in [-0.25, -0.2) is 18.3 Å². The van der Waals surface area contributed by atoms with Crippen LogP contribution in [0.25, 0.3) is 5.78 Å². The maximum Gasteiger partial charge on any atom is 0.280 e. The summed E-state index contributed by atoms with van der Waals surface area (Å²) in [5, 5.41) is 7.52. The second-order valence-corrected chi connectivity index (χ2v) is 5.75. The number of nitrogens with one attached hydrogen (secondary N) is 1. The zero-order valence-electron chi connectivity index (χ0n) is 10.9. The van der Waals surface area contributed by atoms with E-state index in [1.165, 1.54) is 25.2 Å². The van der Waals surface area contributed by atoms with E-state index in [-0.39, 0.29) is 22.8 Å². The van der Waals surface area contributed by atoms with Crippen LogP contribution in [0, 0.1) is 5.41 Å². The van der Waals surface area contributed by atoms with Crippen LogP contribution in [0.2, 0.25) is 0 Å². The molecule has 2 aromatic rings. The van der Waals surface area contributed by atoms with Gasteiger partial charge < -0.3 is 5.32 Å². The SMILES string of the molecule is FC(F)c1cc(C2CNCCC23CC3)n2ncnc2n1. The topological polar surface area (TPSA) is 55.1 Å². The van der Waals surface area contributed by atoms with Crippen LogP contribution in [0.5, 0.6) is 0 Å². The Kier molecular flexibility index (Phi) is 2.54. The third-order valence-electron chi connectivity index (χ3n) is 4.66. The summed E-state index contributed by atoms with van der Waals surface area (Å²) >= 11 is 0. The standard InChI is InChI=1S/C13H15F2N5/c14-11(15)9-5-10(20-12(19-9)17-7-18-20)8-6-16-4-3-13(8)1-2-13/h5,7-8,11,16H,1-4,6H2. The van der Waals surface area contributed by atoms with Crippen LogP contribution in [-0.2, 0) is 0 Å². The summed E-state index contributed by atoms with van der Waals surface area (Å²) in [5.74, 6) is 0.472. The molecule has 1 saturated carbocycles. The van der Waals surface area contributed by atoms with Gasteiger partial charge in [-0.15, -0.1) is 0 Å². The van der Waals surface area contributed by atoms with E-state index in [0.717, 1.165) is 25.2 Å². The molecule has 20 heavy (non-hydrogen) atoms. The molecule has 0 aromatic carbocycles. The van der Waals surface area contributed by atoms with Gasteiger partial charge in [-0.2, -0.15) is 10.1 Å². The molecule has 0 bridgehead atoms. The van der Waals surface area contributed by atoms with Gasteiger partial charge in [-0.1, -0.05) is 0 Å². The highest BCUT2D eigenvalue weighted by Gasteiger charge is 2.51. The third kappa shape index (κ3) is 1.72. The van der Waals surface area contributed by atoms with Gasteiger partial charge in [0.15, 0.2) is 0 Å². The summed E-state index contributed by atoms with van der Waals surface area (Å²) in [6, 6.07) is 1.50. The molecule has 5 nitrogen and oxygen atoms in total. The molecule has 0 amide bonds. The molecule has 1 aliphatic heterocycles. The summed E-state index contributed by atoms with van der Waals surface area (Å²) < 4.78 is 27.7. The van der Waals surface area contributed by atoms with E-state index in [4.69, 9.17) is 0 Å². The Hall–Kier alpha value is -1.63. The molecule has 7 heteroatoms. The van der Waals surface area contributed by atoms with E-state index in [1.807, 2.05) is 0 Å². The van der Waals surface area contributed by atoms with Crippen molar-refractivity contribution in [3.63, 3.8) is 0 Å². The second-order valence-electron chi connectivity index (χ2n) is 5.75. The lowest BCUT2D eigenvalue weighted by Gasteiger charge is -2.32. The van der Waals surface area contributed by atoms with Crippen LogP contribution >= 0.6 is 0 Å². The second kappa shape index (κ2) is 4.18. The average Bonchev–Trinajstić information content (AvgIpc) is 3.03. The Bertz CT molecular complexity index is 649. The van der Waals surface area contributed by atoms with E-state index < -0.39 is 6.43 Å². The lowest BCUT2D eigenvalue weighted by atomic mass is 9.80. The molecule has 1 unspecified atom stereocenters. The van der Waals surface area contributed by atoms with Crippen molar-refractivity contribution in [2.45, 2.75) is 31.6 Å². The number of nitrogens with zero attached hydrogens (tertiary/aromatic N) is 4.